The van der Waals surface area contributed by atoms with Crippen molar-refractivity contribution < 1.29 is 23.8 Å². The summed E-state index contributed by atoms with van der Waals surface area (Å²) in [5.74, 6) is -1.38. The molecule has 4 atom stereocenters. The third-order valence-corrected chi connectivity index (χ3v) is 6.43. The summed E-state index contributed by atoms with van der Waals surface area (Å²) in [6.07, 6.45) is 2.14. The summed E-state index contributed by atoms with van der Waals surface area (Å²) in [4.78, 5) is 25.1. The zero-order valence-corrected chi connectivity index (χ0v) is 17.7. The van der Waals surface area contributed by atoms with E-state index in [1.165, 1.54) is 14.2 Å². The maximum absolute atomic E-state index is 12.9. The molecule has 5 nitrogen and oxygen atoms in total. The lowest BCUT2D eigenvalue weighted by Gasteiger charge is -2.27. The number of benzene rings is 2. The zero-order chi connectivity index (χ0) is 20.6. The normalized spacial score (nSPS) is 27.6. The monoisotopic (exact) mass is 456 g/mol. The van der Waals surface area contributed by atoms with Crippen LogP contribution in [0.15, 0.2) is 70.9 Å². The van der Waals surface area contributed by atoms with Crippen molar-refractivity contribution in [1.82, 2.24) is 0 Å². The number of esters is 2. The first-order valence-corrected chi connectivity index (χ1v) is 10.2. The quantitative estimate of drug-likeness (QED) is 0.640. The van der Waals surface area contributed by atoms with Crippen LogP contribution in [-0.4, -0.2) is 31.8 Å². The van der Waals surface area contributed by atoms with Crippen molar-refractivity contribution in [1.29, 1.82) is 0 Å². The lowest BCUT2D eigenvalue weighted by molar-refractivity contribution is -0.167. The fraction of sp³-hybridized carbons (Fsp3) is 0.304. The SMILES string of the molecule is COC(=O)C1=CC2[C@@H](c3ccccc3)[C@H](c3ccc(Br)cc3)C[C@]2(C(=O)OC)O1. The van der Waals surface area contributed by atoms with Crippen LogP contribution in [0.1, 0.15) is 29.4 Å². The Balaban J connectivity index is 1.86. The number of carbonyl (C=O) groups excluding carboxylic acids is 2. The molecule has 4 rings (SSSR count). The highest BCUT2D eigenvalue weighted by molar-refractivity contribution is 9.10. The Labute approximate surface area is 177 Å². The molecule has 1 aliphatic heterocycles. The van der Waals surface area contributed by atoms with Gasteiger partial charge in [-0.25, -0.2) is 9.59 Å². The number of hydrogen-bond acceptors (Lipinski definition) is 5. The van der Waals surface area contributed by atoms with Crippen LogP contribution in [0.4, 0.5) is 0 Å². The van der Waals surface area contributed by atoms with Crippen molar-refractivity contribution in [2.24, 2.45) is 5.92 Å². The Bertz CT molecular complexity index is 953. The van der Waals surface area contributed by atoms with Crippen LogP contribution < -0.4 is 0 Å². The topological polar surface area (TPSA) is 61.8 Å². The van der Waals surface area contributed by atoms with Crippen LogP contribution in [0, 0.1) is 5.92 Å². The van der Waals surface area contributed by atoms with E-state index in [-0.39, 0.29) is 23.5 Å². The van der Waals surface area contributed by atoms with Gasteiger partial charge in [0.1, 0.15) is 0 Å². The van der Waals surface area contributed by atoms with Gasteiger partial charge in [-0.05, 0) is 35.3 Å². The molecule has 0 N–H and O–H groups in total. The number of ether oxygens (including phenoxy) is 3. The minimum Gasteiger partial charge on any atom is -0.468 e. The van der Waals surface area contributed by atoms with Gasteiger partial charge in [0.25, 0.3) is 0 Å². The molecule has 6 heteroatoms. The molecule has 0 amide bonds. The maximum atomic E-state index is 12.9. The van der Waals surface area contributed by atoms with Crippen LogP contribution in [0.3, 0.4) is 0 Å². The zero-order valence-electron chi connectivity index (χ0n) is 16.1. The van der Waals surface area contributed by atoms with Crippen molar-refractivity contribution in [3.05, 3.63) is 82.0 Å². The lowest BCUT2D eigenvalue weighted by atomic mass is 9.78. The van der Waals surface area contributed by atoms with E-state index in [4.69, 9.17) is 14.2 Å². The number of rotatable bonds is 4. The Morgan fingerprint density at radius 1 is 1.00 bits per heavy atom. The summed E-state index contributed by atoms with van der Waals surface area (Å²) < 4.78 is 17.0. The summed E-state index contributed by atoms with van der Waals surface area (Å²) in [5, 5.41) is 0. The molecule has 29 heavy (non-hydrogen) atoms. The van der Waals surface area contributed by atoms with Gasteiger partial charge in [0.05, 0.1) is 14.2 Å². The largest absolute Gasteiger partial charge is 0.468 e. The van der Waals surface area contributed by atoms with E-state index in [0.717, 1.165) is 15.6 Å². The predicted molar refractivity (Wildman–Crippen MR) is 110 cm³/mol. The predicted octanol–water partition coefficient (Wildman–Crippen LogP) is 4.34. The molecule has 0 saturated heterocycles. The van der Waals surface area contributed by atoms with E-state index in [1.807, 2.05) is 42.5 Å². The molecule has 0 spiro atoms. The van der Waals surface area contributed by atoms with Crippen LogP contribution in [0.25, 0.3) is 0 Å². The summed E-state index contributed by atoms with van der Waals surface area (Å²) in [5.41, 5.74) is 0.940. The third-order valence-electron chi connectivity index (χ3n) is 5.91. The van der Waals surface area contributed by atoms with E-state index in [9.17, 15) is 9.59 Å². The van der Waals surface area contributed by atoms with Gasteiger partial charge in [-0.1, -0.05) is 58.4 Å². The summed E-state index contributed by atoms with van der Waals surface area (Å²) >= 11 is 3.48. The second kappa shape index (κ2) is 7.67. The summed E-state index contributed by atoms with van der Waals surface area (Å²) in [6, 6.07) is 18.1. The Morgan fingerprint density at radius 2 is 1.69 bits per heavy atom. The molecule has 1 saturated carbocycles. The average Bonchev–Trinajstić information content (AvgIpc) is 3.28. The second-order valence-corrected chi connectivity index (χ2v) is 8.25. The second-order valence-electron chi connectivity index (χ2n) is 7.33. The van der Waals surface area contributed by atoms with Gasteiger partial charge in [-0.15, -0.1) is 0 Å². The molecular formula is C23H21BrO5. The Kier molecular flexibility index (Phi) is 5.21. The first kappa shape index (κ1) is 19.7. The maximum Gasteiger partial charge on any atom is 0.373 e. The molecule has 1 aliphatic carbocycles. The van der Waals surface area contributed by atoms with Crippen LogP contribution in [0.2, 0.25) is 0 Å². The van der Waals surface area contributed by atoms with E-state index in [1.54, 1.807) is 6.08 Å². The van der Waals surface area contributed by atoms with Crippen molar-refractivity contribution in [2.75, 3.05) is 14.2 Å². The molecule has 150 valence electrons. The number of fused-ring (bicyclic) bond motifs is 1. The minimum atomic E-state index is -1.25. The van der Waals surface area contributed by atoms with E-state index < -0.39 is 17.5 Å². The van der Waals surface area contributed by atoms with Gasteiger partial charge in [0.2, 0.25) is 11.4 Å². The molecule has 2 aromatic rings. The van der Waals surface area contributed by atoms with Gasteiger partial charge in [0, 0.05) is 22.7 Å². The molecule has 0 bridgehead atoms. The van der Waals surface area contributed by atoms with Crippen LogP contribution in [0.5, 0.6) is 0 Å². The van der Waals surface area contributed by atoms with E-state index in [0.29, 0.717) is 6.42 Å². The highest BCUT2D eigenvalue weighted by Gasteiger charge is 2.64. The fourth-order valence-electron chi connectivity index (χ4n) is 4.67. The van der Waals surface area contributed by atoms with Gasteiger partial charge < -0.3 is 14.2 Å². The summed E-state index contributed by atoms with van der Waals surface area (Å²) in [6.45, 7) is 0. The molecule has 1 fully saturated rings. The number of hydrogen-bond donors (Lipinski definition) is 0. The molecule has 1 heterocycles. The molecule has 0 radical (unpaired) electrons. The van der Waals surface area contributed by atoms with E-state index >= 15 is 0 Å². The highest BCUT2D eigenvalue weighted by Crippen LogP contribution is 2.60. The van der Waals surface area contributed by atoms with Gasteiger partial charge in [0.15, 0.2) is 0 Å². The Hall–Kier alpha value is -2.60. The van der Waals surface area contributed by atoms with Crippen molar-refractivity contribution in [2.45, 2.75) is 23.9 Å². The number of halogens is 1. The number of methoxy groups -OCH3 is 2. The molecule has 2 aliphatic rings. The van der Waals surface area contributed by atoms with Crippen molar-refractivity contribution in [3.63, 3.8) is 0 Å². The van der Waals surface area contributed by atoms with E-state index in [2.05, 4.69) is 28.1 Å². The molecule has 0 aromatic heterocycles. The minimum absolute atomic E-state index is 0.0186. The Morgan fingerprint density at radius 3 is 2.31 bits per heavy atom. The van der Waals surface area contributed by atoms with Crippen molar-refractivity contribution >= 4 is 27.9 Å². The average molecular weight is 457 g/mol. The molecule has 1 unspecified atom stereocenters. The highest BCUT2D eigenvalue weighted by atomic mass is 79.9. The van der Waals surface area contributed by atoms with Gasteiger partial charge in [-0.3, -0.25) is 0 Å². The fourth-order valence-corrected chi connectivity index (χ4v) is 4.93. The van der Waals surface area contributed by atoms with Gasteiger partial charge >= 0.3 is 11.9 Å². The first-order chi connectivity index (χ1) is 14.0. The molecule has 2 aromatic carbocycles. The van der Waals surface area contributed by atoms with Crippen LogP contribution in [-0.2, 0) is 23.8 Å². The van der Waals surface area contributed by atoms with Gasteiger partial charge in [-0.2, -0.15) is 0 Å². The smallest absolute Gasteiger partial charge is 0.373 e. The molecular weight excluding hydrogens is 436 g/mol. The summed E-state index contributed by atoms with van der Waals surface area (Å²) in [7, 11) is 2.64. The number of carbonyl (C=O) groups is 2. The standard InChI is InChI=1S/C23H21BrO5/c1-27-21(25)19-12-18-20(15-6-4-3-5-7-15)17(14-8-10-16(24)11-9-14)13-23(18,29-19)22(26)28-2/h3-12,17-18,20H,13H2,1-2H3/t17-,18?,20-,23-/m0/s1. The van der Waals surface area contributed by atoms with Crippen molar-refractivity contribution in [3.8, 4) is 0 Å². The van der Waals surface area contributed by atoms with Crippen LogP contribution >= 0.6 is 15.9 Å². The third kappa shape index (κ3) is 3.25. The first-order valence-electron chi connectivity index (χ1n) is 9.38. The lowest BCUT2D eigenvalue weighted by Crippen LogP contribution is -2.43.